The predicted octanol–water partition coefficient (Wildman–Crippen LogP) is 3.29. The van der Waals surface area contributed by atoms with Crippen LogP contribution in [-0.2, 0) is 14.8 Å². The molecule has 8 heteroatoms. The van der Waals surface area contributed by atoms with Crippen LogP contribution in [0.25, 0.3) is 0 Å². The number of sulfonamides is 1. The second-order valence-electron chi connectivity index (χ2n) is 6.56. The first-order valence-corrected chi connectivity index (χ1v) is 11.2. The van der Waals surface area contributed by atoms with Crippen molar-refractivity contribution in [3.05, 3.63) is 48.2 Å². The number of anilines is 1. The minimum absolute atomic E-state index is 0.124. The molecule has 2 heterocycles. The number of nitrogens with one attached hydrogen (secondary N) is 1. The number of nitrogens with zero attached hydrogens (tertiary/aromatic N) is 2. The van der Waals surface area contributed by atoms with Gasteiger partial charge in [-0.25, -0.2) is 13.4 Å². The van der Waals surface area contributed by atoms with Crippen molar-refractivity contribution < 1.29 is 13.2 Å². The van der Waals surface area contributed by atoms with E-state index in [4.69, 9.17) is 0 Å². The fraction of sp³-hybridized carbons (Fsp3) is 0.368. The lowest BCUT2D eigenvalue weighted by Gasteiger charge is -2.15. The Morgan fingerprint density at radius 3 is 2.59 bits per heavy atom. The van der Waals surface area contributed by atoms with Crippen molar-refractivity contribution in [1.82, 2.24) is 9.29 Å². The molecule has 1 aliphatic heterocycles. The number of carbonyl (C=O) groups excluding carboxylic acids is 1. The first-order valence-electron chi connectivity index (χ1n) is 8.86. The lowest BCUT2D eigenvalue weighted by Crippen LogP contribution is -2.28. The molecule has 0 radical (unpaired) electrons. The number of hydrogen-bond acceptors (Lipinski definition) is 5. The zero-order valence-corrected chi connectivity index (χ0v) is 17.0. The van der Waals surface area contributed by atoms with Gasteiger partial charge in [0, 0.05) is 25.0 Å². The number of benzene rings is 1. The molecule has 2 aromatic rings. The van der Waals surface area contributed by atoms with Gasteiger partial charge in [-0.05, 0) is 56.5 Å². The van der Waals surface area contributed by atoms with Crippen LogP contribution in [-0.4, -0.2) is 42.0 Å². The number of aryl methyl sites for hydroxylation is 1. The molecule has 0 unspecified atom stereocenters. The maximum absolute atomic E-state index is 12.5. The van der Waals surface area contributed by atoms with Gasteiger partial charge < -0.3 is 5.32 Å². The van der Waals surface area contributed by atoms with Gasteiger partial charge in [-0.15, -0.1) is 0 Å². The van der Waals surface area contributed by atoms with Crippen molar-refractivity contribution in [2.45, 2.75) is 41.9 Å². The SMILES string of the molecule is Cc1cccc(NC(=O)[C@H](C)Sc2ccc(S(=O)(=O)N3CCCC3)cn2)c1. The van der Waals surface area contributed by atoms with Gasteiger partial charge in [-0.2, -0.15) is 4.31 Å². The summed E-state index contributed by atoms with van der Waals surface area (Å²) in [6.45, 7) is 4.89. The minimum Gasteiger partial charge on any atom is -0.325 e. The van der Waals surface area contributed by atoms with Crippen LogP contribution in [0, 0.1) is 6.92 Å². The highest BCUT2D eigenvalue weighted by atomic mass is 32.2. The van der Waals surface area contributed by atoms with Crippen LogP contribution in [0.3, 0.4) is 0 Å². The molecule has 0 spiro atoms. The van der Waals surface area contributed by atoms with Crippen molar-refractivity contribution in [3.8, 4) is 0 Å². The van der Waals surface area contributed by atoms with Gasteiger partial charge in [0.15, 0.2) is 0 Å². The second-order valence-corrected chi connectivity index (χ2v) is 9.86. The summed E-state index contributed by atoms with van der Waals surface area (Å²) in [5.41, 5.74) is 1.83. The highest BCUT2D eigenvalue weighted by Gasteiger charge is 2.27. The molecule has 1 amide bonds. The van der Waals surface area contributed by atoms with E-state index < -0.39 is 10.0 Å². The molecule has 144 valence electrons. The average Bonchev–Trinajstić information content (AvgIpc) is 3.17. The molecule has 6 nitrogen and oxygen atoms in total. The van der Waals surface area contributed by atoms with Crippen LogP contribution in [0.1, 0.15) is 25.3 Å². The largest absolute Gasteiger partial charge is 0.325 e. The maximum Gasteiger partial charge on any atom is 0.244 e. The van der Waals surface area contributed by atoms with E-state index in [1.165, 1.54) is 22.3 Å². The predicted molar refractivity (Wildman–Crippen MR) is 107 cm³/mol. The summed E-state index contributed by atoms with van der Waals surface area (Å²) in [7, 11) is -3.46. The third-order valence-electron chi connectivity index (χ3n) is 4.36. The van der Waals surface area contributed by atoms with Crippen molar-refractivity contribution in [3.63, 3.8) is 0 Å². The van der Waals surface area contributed by atoms with Crippen molar-refractivity contribution in [2.75, 3.05) is 18.4 Å². The van der Waals surface area contributed by atoms with Crippen LogP contribution in [0.4, 0.5) is 5.69 Å². The zero-order valence-electron chi connectivity index (χ0n) is 15.4. The fourth-order valence-electron chi connectivity index (χ4n) is 2.87. The molecule has 1 atom stereocenters. The summed E-state index contributed by atoms with van der Waals surface area (Å²) >= 11 is 1.30. The third kappa shape index (κ3) is 4.88. The maximum atomic E-state index is 12.5. The Kier molecular flexibility index (Phi) is 6.18. The first kappa shape index (κ1) is 19.9. The molecule has 1 N–H and O–H groups in total. The van der Waals surface area contributed by atoms with Crippen LogP contribution in [0.5, 0.6) is 0 Å². The summed E-state index contributed by atoms with van der Waals surface area (Å²) in [6, 6.07) is 10.8. The Morgan fingerprint density at radius 2 is 1.96 bits per heavy atom. The van der Waals surface area contributed by atoms with Crippen LogP contribution in [0.2, 0.25) is 0 Å². The van der Waals surface area contributed by atoms with Crippen molar-refractivity contribution in [1.29, 1.82) is 0 Å². The molecular weight excluding hydrogens is 382 g/mol. The number of pyridine rings is 1. The summed E-state index contributed by atoms with van der Waals surface area (Å²) in [5, 5.41) is 3.14. The molecule has 0 saturated carbocycles. The lowest BCUT2D eigenvalue weighted by molar-refractivity contribution is -0.115. The molecular formula is C19H23N3O3S2. The van der Waals surface area contributed by atoms with Gasteiger partial charge in [0.25, 0.3) is 0 Å². The van der Waals surface area contributed by atoms with E-state index in [1.54, 1.807) is 19.1 Å². The van der Waals surface area contributed by atoms with E-state index in [1.807, 2.05) is 31.2 Å². The van der Waals surface area contributed by atoms with Crippen LogP contribution in [0.15, 0.2) is 52.5 Å². The molecule has 0 aliphatic carbocycles. The van der Waals surface area contributed by atoms with Gasteiger partial charge in [-0.3, -0.25) is 4.79 Å². The average molecular weight is 406 g/mol. The smallest absolute Gasteiger partial charge is 0.244 e. The van der Waals surface area contributed by atoms with Crippen LogP contribution >= 0.6 is 11.8 Å². The van der Waals surface area contributed by atoms with Gasteiger partial charge in [0.05, 0.1) is 10.3 Å². The van der Waals surface area contributed by atoms with Gasteiger partial charge >= 0.3 is 0 Å². The van der Waals surface area contributed by atoms with Gasteiger partial charge in [0.1, 0.15) is 4.90 Å². The highest BCUT2D eigenvalue weighted by molar-refractivity contribution is 8.00. The van der Waals surface area contributed by atoms with E-state index in [0.29, 0.717) is 18.1 Å². The highest BCUT2D eigenvalue weighted by Crippen LogP contribution is 2.25. The fourth-order valence-corrected chi connectivity index (χ4v) is 5.12. The number of thioether (sulfide) groups is 1. The number of amides is 1. The van der Waals surface area contributed by atoms with E-state index in [2.05, 4.69) is 10.3 Å². The standard InChI is InChI=1S/C19H23N3O3S2/c1-14-6-5-7-16(12-14)21-19(23)15(2)26-18-9-8-17(13-20-18)27(24,25)22-10-3-4-11-22/h5-9,12-13,15H,3-4,10-11H2,1-2H3,(H,21,23)/t15-/m0/s1. The Bertz CT molecular complexity index is 908. The normalized spacial score (nSPS) is 16.2. The Morgan fingerprint density at radius 1 is 1.22 bits per heavy atom. The molecule has 1 fully saturated rings. The van der Waals surface area contributed by atoms with E-state index >= 15 is 0 Å². The molecule has 1 saturated heterocycles. The van der Waals surface area contributed by atoms with E-state index in [0.717, 1.165) is 24.1 Å². The molecule has 0 bridgehead atoms. The Labute approximate surface area is 164 Å². The zero-order chi connectivity index (χ0) is 19.4. The number of aromatic nitrogens is 1. The second kappa shape index (κ2) is 8.41. The number of hydrogen-bond donors (Lipinski definition) is 1. The molecule has 27 heavy (non-hydrogen) atoms. The topological polar surface area (TPSA) is 79.4 Å². The summed E-state index contributed by atoms with van der Waals surface area (Å²) in [5.74, 6) is -0.124. The van der Waals surface area contributed by atoms with Crippen molar-refractivity contribution >= 4 is 33.4 Å². The van der Waals surface area contributed by atoms with Gasteiger partial charge in [0.2, 0.25) is 15.9 Å². The minimum atomic E-state index is -3.46. The molecule has 1 aromatic heterocycles. The quantitative estimate of drug-likeness (QED) is 0.746. The summed E-state index contributed by atoms with van der Waals surface area (Å²) in [6.07, 6.45) is 3.17. The molecule has 3 rings (SSSR count). The Hall–Kier alpha value is -1.90. The van der Waals surface area contributed by atoms with Gasteiger partial charge in [-0.1, -0.05) is 23.9 Å². The molecule has 1 aromatic carbocycles. The lowest BCUT2D eigenvalue weighted by atomic mass is 10.2. The van der Waals surface area contributed by atoms with Crippen LogP contribution < -0.4 is 5.32 Å². The summed E-state index contributed by atoms with van der Waals surface area (Å²) < 4.78 is 26.5. The van der Waals surface area contributed by atoms with E-state index in [-0.39, 0.29) is 16.1 Å². The Balaban J connectivity index is 1.62. The van der Waals surface area contributed by atoms with E-state index in [9.17, 15) is 13.2 Å². The summed E-state index contributed by atoms with van der Waals surface area (Å²) in [4.78, 5) is 16.8. The number of carbonyl (C=O) groups is 1. The number of rotatable bonds is 6. The first-order chi connectivity index (χ1) is 12.9. The monoisotopic (exact) mass is 405 g/mol. The third-order valence-corrected chi connectivity index (χ3v) is 7.30. The van der Waals surface area contributed by atoms with Crippen molar-refractivity contribution in [2.24, 2.45) is 0 Å². The molecule has 1 aliphatic rings.